The second-order valence-corrected chi connectivity index (χ2v) is 6.19. The number of fused-ring (bicyclic) bond motifs is 1. The van der Waals surface area contributed by atoms with Gasteiger partial charge < -0.3 is 18.8 Å². The molecule has 2 saturated heterocycles. The Bertz CT molecular complexity index is 669. The minimum absolute atomic E-state index is 0.0648. The third-order valence-corrected chi connectivity index (χ3v) is 4.66. The quantitative estimate of drug-likeness (QED) is 0.855. The van der Waals surface area contributed by atoms with Crippen molar-refractivity contribution in [1.29, 1.82) is 0 Å². The Labute approximate surface area is 128 Å². The first-order valence-electron chi connectivity index (χ1n) is 7.64. The SMILES string of the molecule is CO[C@H]1CCOC2(C1)CN(C(=O)c1cc3ccccc3o1)C2. The molecule has 0 aliphatic carbocycles. The molecule has 0 unspecified atom stereocenters. The summed E-state index contributed by atoms with van der Waals surface area (Å²) < 4.78 is 17.0. The lowest BCUT2D eigenvalue weighted by Gasteiger charge is -2.52. The molecule has 1 aromatic heterocycles. The molecule has 0 saturated carbocycles. The maximum Gasteiger partial charge on any atom is 0.289 e. The van der Waals surface area contributed by atoms with Crippen molar-refractivity contribution < 1.29 is 18.7 Å². The Morgan fingerprint density at radius 1 is 1.36 bits per heavy atom. The van der Waals surface area contributed by atoms with Crippen LogP contribution in [0.2, 0.25) is 0 Å². The van der Waals surface area contributed by atoms with Crippen molar-refractivity contribution in [3.8, 4) is 0 Å². The highest BCUT2D eigenvalue weighted by Gasteiger charge is 2.50. The first-order chi connectivity index (χ1) is 10.7. The lowest BCUT2D eigenvalue weighted by Crippen LogP contribution is -2.67. The topological polar surface area (TPSA) is 51.9 Å². The molecule has 1 aromatic carbocycles. The summed E-state index contributed by atoms with van der Waals surface area (Å²) in [5, 5.41) is 0.953. The number of furan rings is 1. The average Bonchev–Trinajstić information content (AvgIpc) is 2.96. The fraction of sp³-hybridized carbons (Fsp3) is 0.471. The van der Waals surface area contributed by atoms with Crippen LogP contribution in [0.25, 0.3) is 11.0 Å². The smallest absolute Gasteiger partial charge is 0.289 e. The molecular weight excluding hydrogens is 282 g/mol. The number of methoxy groups -OCH3 is 1. The highest BCUT2D eigenvalue weighted by atomic mass is 16.5. The molecule has 4 rings (SSSR count). The first kappa shape index (κ1) is 13.8. The van der Waals surface area contributed by atoms with E-state index in [-0.39, 0.29) is 17.6 Å². The van der Waals surface area contributed by atoms with Gasteiger partial charge in [-0.3, -0.25) is 4.79 Å². The molecule has 5 heteroatoms. The molecule has 2 aromatic rings. The van der Waals surface area contributed by atoms with E-state index in [1.807, 2.05) is 30.3 Å². The molecule has 2 aliphatic rings. The van der Waals surface area contributed by atoms with Gasteiger partial charge in [-0.05, 0) is 18.6 Å². The van der Waals surface area contributed by atoms with Crippen molar-refractivity contribution in [2.24, 2.45) is 0 Å². The molecule has 1 amide bonds. The van der Waals surface area contributed by atoms with Crippen LogP contribution >= 0.6 is 0 Å². The number of rotatable bonds is 2. The van der Waals surface area contributed by atoms with Crippen molar-refractivity contribution in [3.05, 3.63) is 36.1 Å². The van der Waals surface area contributed by atoms with Gasteiger partial charge >= 0.3 is 0 Å². The number of benzene rings is 1. The Hall–Kier alpha value is -1.85. The van der Waals surface area contributed by atoms with E-state index in [9.17, 15) is 4.79 Å². The Kier molecular flexibility index (Phi) is 3.20. The fourth-order valence-electron chi connectivity index (χ4n) is 3.44. The average molecular weight is 301 g/mol. The van der Waals surface area contributed by atoms with E-state index in [2.05, 4.69) is 0 Å². The lowest BCUT2D eigenvalue weighted by atomic mass is 9.84. The van der Waals surface area contributed by atoms with E-state index in [1.165, 1.54) is 0 Å². The van der Waals surface area contributed by atoms with Crippen LogP contribution < -0.4 is 0 Å². The van der Waals surface area contributed by atoms with E-state index >= 15 is 0 Å². The highest BCUT2D eigenvalue weighted by molar-refractivity contribution is 5.96. The van der Waals surface area contributed by atoms with Gasteiger partial charge in [-0.2, -0.15) is 0 Å². The van der Waals surface area contributed by atoms with Crippen LogP contribution in [0.1, 0.15) is 23.4 Å². The van der Waals surface area contributed by atoms with Crippen LogP contribution in [0, 0.1) is 0 Å². The largest absolute Gasteiger partial charge is 0.451 e. The van der Waals surface area contributed by atoms with E-state index in [0.29, 0.717) is 25.5 Å². The van der Waals surface area contributed by atoms with Crippen LogP contribution in [-0.2, 0) is 9.47 Å². The molecule has 2 aliphatic heterocycles. The van der Waals surface area contributed by atoms with E-state index in [4.69, 9.17) is 13.9 Å². The minimum Gasteiger partial charge on any atom is -0.451 e. The van der Waals surface area contributed by atoms with Crippen LogP contribution in [0.15, 0.2) is 34.7 Å². The van der Waals surface area contributed by atoms with Gasteiger partial charge in [0.05, 0.1) is 19.2 Å². The molecule has 0 bridgehead atoms. The second kappa shape index (κ2) is 5.11. The van der Waals surface area contributed by atoms with Crippen LogP contribution in [0.4, 0.5) is 0 Å². The number of hydrogen-bond donors (Lipinski definition) is 0. The maximum absolute atomic E-state index is 12.5. The monoisotopic (exact) mass is 301 g/mol. The van der Waals surface area contributed by atoms with Gasteiger partial charge in [0.1, 0.15) is 11.2 Å². The van der Waals surface area contributed by atoms with Crippen molar-refractivity contribution >= 4 is 16.9 Å². The third kappa shape index (κ3) is 2.21. The predicted molar refractivity (Wildman–Crippen MR) is 80.8 cm³/mol. The molecule has 0 N–H and O–H groups in total. The van der Waals surface area contributed by atoms with Gasteiger partial charge in [-0.1, -0.05) is 18.2 Å². The number of carbonyl (C=O) groups is 1. The molecule has 1 atom stereocenters. The Balaban J connectivity index is 1.47. The first-order valence-corrected chi connectivity index (χ1v) is 7.64. The van der Waals surface area contributed by atoms with Crippen LogP contribution in [-0.4, -0.2) is 49.3 Å². The molecular formula is C17H19NO4. The Morgan fingerprint density at radius 2 is 2.18 bits per heavy atom. The maximum atomic E-state index is 12.5. The summed E-state index contributed by atoms with van der Waals surface area (Å²) in [6.07, 6.45) is 2.01. The summed E-state index contributed by atoms with van der Waals surface area (Å²) in [6, 6.07) is 9.46. The van der Waals surface area contributed by atoms with Gasteiger partial charge in [0.2, 0.25) is 0 Å². The summed E-state index contributed by atoms with van der Waals surface area (Å²) in [6.45, 7) is 1.93. The minimum atomic E-state index is -0.222. The van der Waals surface area contributed by atoms with Crippen molar-refractivity contribution in [2.45, 2.75) is 24.5 Å². The number of nitrogens with zero attached hydrogens (tertiary/aromatic N) is 1. The van der Waals surface area contributed by atoms with Gasteiger partial charge in [0, 0.05) is 25.5 Å². The Morgan fingerprint density at radius 3 is 2.95 bits per heavy atom. The summed E-state index contributed by atoms with van der Waals surface area (Å²) in [7, 11) is 1.74. The van der Waals surface area contributed by atoms with E-state index in [1.54, 1.807) is 12.0 Å². The molecule has 1 spiro atoms. The molecule has 2 fully saturated rings. The summed E-state index contributed by atoms with van der Waals surface area (Å²) in [5.41, 5.74) is 0.523. The van der Waals surface area contributed by atoms with E-state index in [0.717, 1.165) is 23.8 Å². The second-order valence-electron chi connectivity index (χ2n) is 6.19. The zero-order valence-corrected chi connectivity index (χ0v) is 12.6. The number of ether oxygens (including phenoxy) is 2. The van der Waals surface area contributed by atoms with Gasteiger partial charge in [0.15, 0.2) is 5.76 Å². The summed E-state index contributed by atoms with van der Waals surface area (Å²) in [4.78, 5) is 14.3. The van der Waals surface area contributed by atoms with Gasteiger partial charge in [-0.15, -0.1) is 0 Å². The van der Waals surface area contributed by atoms with Gasteiger partial charge in [-0.25, -0.2) is 0 Å². The number of para-hydroxylation sites is 1. The molecule has 0 radical (unpaired) electrons. The lowest BCUT2D eigenvalue weighted by molar-refractivity contribution is -0.182. The number of hydrogen-bond acceptors (Lipinski definition) is 4. The number of amides is 1. The standard InChI is InChI=1S/C17H19NO4/c1-20-13-6-7-21-17(9-13)10-18(11-17)16(19)15-8-12-4-2-3-5-14(12)22-15/h2-5,8,13H,6-7,9-11H2,1H3/t13-/m0/s1. The summed E-state index contributed by atoms with van der Waals surface area (Å²) >= 11 is 0. The summed E-state index contributed by atoms with van der Waals surface area (Å²) in [5.74, 6) is 0.333. The van der Waals surface area contributed by atoms with Crippen molar-refractivity contribution in [1.82, 2.24) is 4.90 Å². The predicted octanol–water partition coefficient (Wildman–Crippen LogP) is 2.45. The molecule has 116 valence electrons. The zero-order chi connectivity index (χ0) is 15.2. The highest BCUT2D eigenvalue weighted by Crippen LogP contribution is 2.36. The van der Waals surface area contributed by atoms with Crippen molar-refractivity contribution in [2.75, 3.05) is 26.8 Å². The molecule has 3 heterocycles. The fourth-order valence-corrected chi connectivity index (χ4v) is 3.44. The van der Waals surface area contributed by atoms with Crippen molar-refractivity contribution in [3.63, 3.8) is 0 Å². The number of likely N-dealkylation sites (tertiary alicyclic amines) is 1. The molecule has 22 heavy (non-hydrogen) atoms. The van der Waals surface area contributed by atoms with Crippen LogP contribution in [0.3, 0.4) is 0 Å². The van der Waals surface area contributed by atoms with Gasteiger partial charge in [0.25, 0.3) is 5.91 Å². The third-order valence-electron chi connectivity index (χ3n) is 4.66. The normalized spacial score (nSPS) is 23.7. The van der Waals surface area contributed by atoms with Crippen LogP contribution in [0.5, 0.6) is 0 Å². The number of carbonyl (C=O) groups excluding carboxylic acids is 1. The van der Waals surface area contributed by atoms with E-state index < -0.39 is 0 Å². The molecule has 5 nitrogen and oxygen atoms in total. The zero-order valence-electron chi connectivity index (χ0n) is 12.6.